The molecule has 10 heteroatoms. The van der Waals surface area contributed by atoms with E-state index in [0.29, 0.717) is 10.7 Å². The topological polar surface area (TPSA) is 135 Å². The third-order valence-corrected chi connectivity index (χ3v) is 5.09. The van der Waals surface area contributed by atoms with Gasteiger partial charge in [-0.3, -0.25) is 14.8 Å². The number of hydrogen-bond acceptors (Lipinski definition) is 7. The summed E-state index contributed by atoms with van der Waals surface area (Å²) in [6.45, 7) is 0. The standard InChI is InChI=1S/C15H12N4O4S2/c16-14(20)13(15-17-11-3-1-2-4-12(11)24-15)19-18-9-5-7-10(8-6-9)25(21,22)23/h1-8,18H,(H2,16,20)(H,21,22,23)/b19-13-. The first-order valence-electron chi connectivity index (χ1n) is 6.91. The van der Waals surface area contributed by atoms with Crippen LogP contribution in [-0.2, 0) is 14.9 Å². The first-order valence-corrected chi connectivity index (χ1v) is 9.17. The summed E-state index contributed by atoms with van der Waals surface area (Å²) in [7, 11) is -4.27. The Morgan fingerprint density at radius 3 is 2.44 bits per heavy atom. The number of rotatable bonds is 5. The molecule has 3 rings (SSSR count). The van der Waals surface area contributed by atoms with Gasteiger partial charge in [0.1, 0.15) is 0 Å². The largest absolute Gasteiger partial charge is 0.364 e. The average Bonchev–Trinajstić information content (AvgIpc) is 2.98. The average molecular weight is 376 g/mol. The maximum absolute atomic E-state index is 11.7. The van der Waals surface area contributed by atoms with Crippen molar-refractivity contribution in [2.45, 2.75) is 4.90 Å². The van der Waals surface area contributed by atoms with E-state index in [0.717, 1.165) is 10.2 Å². The molecule has 1 aromatic heterocycles. The number of amides is 1. The van der Waals surface area contributed by atoms with Gasteiger partial charge >= 0.3 is 0 Å². The number of aromatic nitrogens is 1. The molecule has 0 unspecified atom stereocenters. The van der Waals surface area contributed by atoms with Gasteiger partial charge in [0.15, 0.2) is 10.7 Å². The Kier molecular flexibility index (Phi) is 4.49. The van der Waals surface area contributed by atoms with Crippen LogP contribution in [0.1, 0.15) is 5.01 Å². The van der Waals surface area contributed by atoms with E-state index in [1.807, 2.05) is 24.3 Å². The Morgan fingerprint density at radius 2 is 1.84 bits per heavy atom. The number of fused-ring (bicyclic) bond motifs is 1. The zero-order chi connectivity index (χ0) is 18.0. The minimum absolute atomic E-state index is 0.0416. The fourth-order valence-corrected chi connectivity index (χ4v) is 3.44. The van der Waals surface area contributed by atoms with Crippen LogP contribution < -0.4 is 11.2 Å². The number of thiazole rings is 1. The zero-order valence-electron chi connectivity index (χ0n) is 12.6. The number of anilines is 1. The van der Waals surface area contributed by atoms with Crippen molar-refractivity contribution in [1.29, 1.82) is 0 Å². The molecule has 0 bridgehead atoms. The van der Waals surface area contributed by atoms with Gasteiger partial charge in [-0.25, -0.2) is 4.98 Å². The van der Waals surface area contributed by atoms with Crippen LogP contribution in [-0.4, -0.2) is 29.6 Å². The molecule has 25 heavy (non-hydrogen) atoms. The van der Waals surface area contributed by atoms with E-state index in [9.17, 15) is 13.2 Å². The molecule has 0 fully saturated rings. The van der Waals surface area contributed by atoms with Gasteiger partial charge in [-0.05, 0) is 36.4 Å². The molecule has 3 aromatic rings. The lowest BCUT2D eigenvalue weighted by Gasteiger charge is -2.03. The van der Waals surface area contributed by atoms with Crippen molar-refractivity contribution in [2.75, 3.05) is 5.43 Å². The molecule has 8 nitrogen and oxygen atoms in total. The SMILES string of the molecule is NC(=O)/C(=N/Nc1ccc(S(=O)(=O)O)cc1)c1nc2ccccc2s1. The Morgan fingerprint density at radius 1 is 1.16 bits per heavy atom. The van der Waals surface area contributed by atoms with E-state index < -0.39 is 16.0 Å². The summed E-state index contributed by atoms with van der Waals surface area (Å²) in [5.41, 5.74) is 9.10. The van der Waals surface area contributed by atoms with Crippen LogP contribution in [0, 0.1) is 0 Å². The Labute approximate surface area is 146 Å². The summed E-state index contributed by atoms with van der Waals surface area (Å²) in [5.74, 6) is -0.749. The van der Waals surface area contributed by atoms with E-state index >= 15 is 0 Å². The summed E-state index contributed by atoms with van der Waals surface area (Å²) in [6, 6.07) is 12.6. The summed E-state index contributed by atoms with van der Waals surface area (Å²) in [5, 5.41) is 4.35. The van der Waals surface area contributed by atoms with Crippen LogP contribution in [0.3, 0.4) is 0 Å². The lowest BCUT2D eigenvalue weighted by Crippen LogP contribution is -2.25. The molecule has 2 aromatic carbocycles. The van der Waals surface area contributed by atoms with Crippen molar-refractivity contribution in [3.8, 4) is 0 Å². The molecular formula is C15H12N4O4S2. The third-order valence-electron chi connectivity index (χ3n) is 3.18. The quantitative estimate of drug-likeness (QED) is 0.353. The highest BCUT2D eigenvalue weighted by Gasteiger charge is 2.16. The second-order valence-electron chi connectivity index (χ2n) is 4.92. The van der Waals surface area contributed by atoms with Gasteiger partial charge in [0, 0.05) is 0 Å². The molecule has 128 valence electrons. The first kappa shape index (κ1) is 17.0. The predicted molar refractivity (Wildman–Crippen MR) is 95.2 cm³/mol. The number of benzene rings is 2. The van der Waals surface area contributed by atoms with Gasteiger partial charge in [-0.15, -0.1) is 11.3 Å². The van der Waals surface area contributed by atoms with Crippen LogP contribution in [0.2, 0.25) is 0 Å². The monoisotopic (exact) mass is 376 g/mol. The molecule has 0 atom stereocenters. The maximum atomic E-state index is 11.7. The number of primary amides is 1. The highest BCUT2D eigenvalue weighted by Crippen LogP contribution is 2.22. The Balaban J connectivity index is 1.89. The van der Waals surface area contributed by atoms with Crippen molar-refractivity contribution in [3.63, 3.8) is 0 Å². The molecular weight excluding hydrogens is 364 g/mol. The molecule has 1 heterocycles. The molecule has 4 N–H and O–H groups in total. The van der Waals surface area contributed by atoms with Crippen molar-refractivity contribution in [2.24, 2.45) is 10.8 Å². The maximum Gasteiger partial charge on any atom is 0.294 e. The molecule has 0 radical (unpaired) electrons. The minimum atomic E-state index is -4.27. The lowest BCUT2D eigenvalue weighted by atomic mass is 10.3. The highest BCUT2D eigenvalue weighted by molar-refractivity contribution is 7.85. The van der Waals surface area contributed by atoms with Gasteiger partial charge in [0.2, 0.25) is 0 Å². The van der Waals surface area contributed by atoms with Gasteiger partial charge in [-0.2, -0.15) is 13.5 Å². The second-order valence-corrected chi connectivity index (χ2v) is 7.37. The summed E-state index contributed by atoms with van der Waals surface area (Å²) < 4.78 is 31.9. The number of nitrogens with two attached hydrogens (primary N) is 1. The molecule has 0 aliphatic rings. The van der Waals surface area contributed by atoms with E-state index in [-0.39, 0.29) is 10.6 Å². The Hall–Kier alpha value is -2.82. The van der Waals surface area contributed by atoms with Crippen molar-refractivity contribution < 1.29 is 17.8 Å². The third kappa shape index (κ3) is 3.82. The number of carbonyl (C=O) groups excluding carboxylic acids is 1. The van der Waals surface area contributed by atoms with E-state index in [1.54, 1.807) is 0 Å². The van der Waals surface area contributed by atoms with Gasteiger partial charge < -0.3 is 5.73 Å². The van der Waals surface area contributed by atoms with Crippen LogP contribution in [0.15, 0.2) is 58.5 Å². The molecule has 0 aliphatic heterocycles. The van der Waals surface area contributed by atoms with Crippen LogP contribution >= 0.6 is 11.3 Å². The molecule has 0 saturated heterocycles. The minimum Gasteiger partial charge on any atom is -0.364 e. The van der Waals surface area contributed by atoms with Gasteiger partial charge in [0.25, 0.3) is 16.0 Å². The number of para-hydroxylation sites is 1. The Bertz CT molecular complexity index is 1040. The predicted octanol–water partition coefficient (Wildman–Crippen LogP) is 1.84. The summed E-state index contributed by atoms with van der Waals surface area (Å²) in [4.78, 5) is 15.8. The van der Waals surface area contributed by atoms with E-state index in [1.165, 1.54) is 35.6 Å². The van der Waals surface area contributed by atoms with E-state index in [4.69, 9.17) is 10.3 Å². The number of nitrogens with zero attached hydrogens (tertiary/aromatic N) is 2. The molecule has 0 aliphatic carbocycles. The normalized spacial score (nSPS) is 12.3. The molecule has 0 spiro atoms. The number of carbonyl (C=O) groups is 1. The van der Waals surface area contributed by atoms with Crippen molar-refractivity contribution >= 4 is 49.0 Å². The first-order chi connectivity index (χ1) is 11.8. The zero-order valence-corrected chi connectivity index (χ0v) is 14.2. The van der Waals surface area contributed by atoms with E-state index in [2.05, 4.69) is 15.5 Å². The van der Waals surface area contributed by atoms with Crippen molar-refractivity contribution in [3.05, 3.63) is 53.5 Å². The second kappa shape index (κ2) is 6.59. The van der Waals surface area contributed by atoms with Gasteiger partial charge in [0.05, 0.1) is 20.8 Å². The summed E-state index contributed by atoms with van der Waals surface area (Å²) in [6.07, 6.45) is 0. The van der Waals surface area contributed by atoms with Crippen LogP contribution in [0.4, 0.5) is 5.69 Å². The molecule has 1 amide bonds. The highest BCUT2D eigenvalue weighted by atomic mass is 32.2. The van der Waals surface area contributed by atoms with Crippen LogP contribution in [0.5, 0.6) is 0 Å². The van der Waals surface area contributed by atoms with Crippen LogP contribution in [0.25, 0.3) is 10.2 Å². The number of hydrogen-bond donors (Lipinski definition) is 3. The smallest absolute Gasteiger partial charge is 0.294 e. The molecule has 0 saturated carbocycles. The number of nitrogens with one attached hydrogen (secondary N) is 1. The number of hydrazone groups is 1. The fourth-order valence-electron chi connectivity index (χ4n) is 2.00. The van der Waals surface area contributed by atoms with Crippen molar-refractivity contribution in [1.82, 2.24) is 4.98 Å². The lowest BCUT2D eigenvalue weighted by molar-refractivity contribution is -0.111. The summed E-state index contributed by atoms with van der Waals surface area (Å²) >= 11 is 1.28. The fraction of sp³-hybridized carbons (Fsp3) is 0. The van der Waals surface area contributed by atoms with Gasteiger partial charge in [-0.1, -0.05) is 12.1 Å².